The van der Waals surface area contributed by atoms with Crippen LogP contribution in [-0.2, 0) is 29.7 Å². The molecule has 8 nitrogen and oxygen atoms in total. The van der Waals surface area contributed by atoms with Crippen LogP contribution in [0, 0.1) is 0 Å². The van der Waals surface area contributed by atoms with Gasteiger partial charge in [-0.1, -0.05) is 0 Å². The Labute approximate surface area is 130 Å². The fourth-order valence-electron chi connectivity index (χ4n) is 2.23. The molecule has 124 valence electrons. The van der Waals surface area contributed by atoms with Crippen molar-refractivity contribution in [1.82, 2.24) is 24.7 Å². The second-order valence-corrected chi connectivity index (χ2v) is 8.49. The van der Waals surface area contributed by atoms with E-state index in [1.54, 1.807) is 4.68 Å². The van der Waals surface area contributed by atoms with Gasteiger partial charge in [-0.05, 0) is 26.8 Å². The normalized spacial score (nSPS) is 16.2. The molecule has 0 unspecified atom stereocenters. The third-order valence-corrected chi connectivity index (χ3v) is 4.45. The van der Waals surface area contributed by atoms with Gasteiger partial charge in [0.25, 0.3) is 0 Å². The summed E-state index contributed by atoms with van der Waals surface area (Å²) >= 11 is 0. The molecule has 2 rings (SSSR count). The van der Waals surface area contributed by atoms with Crippen molar-refractivity contribution in [3.8, 4) is 0 Å². The van der Waals surface area contributed by atoms with Crippen LogP contribution >= 0.6 is 0 Å². The molecular formula is C13H23N5O3S. The molecule has 0 spiro atoms. The molecule has 9 heteroatoms. The van der Waals surface area contributed by atoms with E-state index in [1.807, 2.05) is 26.8 Å². The van der Waals surface area contributed by atoms with Gasteiger partial charge in [-0.2, -0.15) is 9.40 Å². The molecule has 0 atom stereocenters. The van der Waals surface area contributed by atoms with Crippen molar-refractivity contribution < 1.29 is 13.2 Å². The molecule has 0 bridgehead atoms. The van der Waals surface area contributed by atoms with Gasteiger partial charge < -0.3 is 10.6 Å². The molecular weight excluding hydrogens is 306 g/mol. The average Bonchev–Trinajstić information content (AvgIpc) is 2.74. The maximum atomic E-state index is 11.7. The summed E-state index contributed by atoms with van der Waals surface area (Å²) in [5.41, 5.74) is 1.26. The van der Waals surface area contributed by atoms with Crippen molar-refractivity contribution in [3.63, 3.8) is 0 Å². The molecule has 0 saturated heterocycles. The van der Waals surface area contributed by atoms with Crippen LogP contribution in [0.5, 0.6) is 0 Å². The number of nitrogens with zero attached hydrogens (tertiary/aromatic N) is 3. The molecule has 1 aromatic heterocycles. The Hall–Kier alpha value is -1.61. The van der Waals surface area contributed by atoms with Crippen LogP contribution < -0.4 is 10.6 Å². The summed E-state index contributed by atoms with van der Waals surface area (Å²) in [6, 6.07) is 1.57. The van der Waals surface area contributed by atoms with Gasteiger partial charge in [0.2, 0.25) is 10.0 Å². The first-order chi connectivity index (χ1) is 10.0. The quantitative estimate of drug-likeness (QED) is 0.831. The Morgan fingerprint density at radius 3 is 2.64 bits per heavy atom. The lowest BCUT2D eigenvalue weighted by Gasteiger charge is -2.25. The highest BCUT2D eigenvalue weighted by Crippen LogP contribution is 2.15. The first-order valence-electron chi connectivity index (χ1n) is 7.11. The van der Waals surface area contributed by atoms with E-state index in [1.165, 1.54) is 10.6 Å². The van der Waals surface area contributed by atoms with Crippen LogP contribution in [0.15, 0.2) is 6.07 Å². The number of sulfonamides is 1. The summed E-state index contributed by atoms with van der Waals surface area (Å²) in [6.45, 7) is 7.29. The highest BCUT2D eigenvalue weighted by atomic mass is 32.2. The van der Waals surface area contributed by atoms with E-state index in [9.17, 15) is 13.2 Å². The van der Waals surface area contributed by atoms with Gasteiger partial charge in [0.15, 0.2) is 0 Å². The number of hydrogen-bond donors (Lipinski definition) is 2. The van der Waals surface area contributed by atoms with Crippen molar-refractivity contribution in [2.75, 3.05) is 12.8 Å². The van der Waals surface area contributed by atoms with Crippen molar-refractivity contribution in [3.05, 3.63) is 17.5 Å². The molecule has 2 amide bonds. The highest BCUT2D eigenvalue weighted by molar-refractivity contribution is 7.88. The largest absolute Gasteiger partial charge is 0.334 e. The number of carbonyl (C=O) groups excluding carboxylic acids is 1. The first-order valence-corrected chi connectivity index (χ1v) is 8.96. The number of urea groups is 1. The SMILES string of the molecule is CC(C)(C)NC(=O)NCc1cc2n(n1)CCN(S(C)(=O)=O)C2. The Morgan fingerprint density at radius 1 is 1.36 bits per heavy atom. The standard InChI is InChI=1S/C13H23N5O3S/c1-13(2,3)15-12(19)14-8-10-7-11-9-17(22(4,20)21)5-6-18(11)16-10/h7H,5-6,8-9H2,1-4H3,(H2,14,15,19). The van der Waals surface area contributed by atoms with E-state index in [4.69, 9.17) is 0 Å². The van der Waals surface area contributed by atoms with Gasteiger partial charge in [-0.25, -0.2) is 13.2 Å². The van der Waals surface area contributed by atoms with Crippen molar-refractivity contribution >= 4 is 16.1 Å². The van der Waals surface area contributed by atoms with Gasteiger partial charge in [-0.3, -0.25) is 4.68 Å². The predicted molar refractivity (Wildman–Crippen MR) is 82.6 cm³/mol. The van der Waals surface area contributed by atoms with Crippen LogP contribution in [0.2, 0.25) is 0 Å². The van der Waals surface area contributed by atoms with E-state index < -0.39 is 10.0 Å². The number of rotatable bonds is 3. The number of amides is 2. The maximum absolute atomic E-state index is 11.7. The Morgan fingerprint density at radius 2 is 2.05 bits per heavy atom. The Bertz CT molecular complexity index is 660. The van der Waals surface area contributed by atoms with Crippen LogP contribution in [0.3, 0.4) is 0 Å². The lowest BCUT2D eigenvalue weighted by Crippen LogP contribution is -2.46. The van der Waals surface area contributed by atoms with E-state index in [-0.39, 0.29) is 11.6 Å². The molecule has 0 fully saturated rings. The van der Waals surface area contributed by atoms with Crippen LogP contribution in [-0.4, -0.2) is 46.9 Å². The minimum absolute atomic E-state index is 0.253. The van der Waals surface area contributed by atoms with Gasteiger partial charge >= 0.3 is 6.03 Å². The number of hydrogen-bond acceptors (Lipinski definition) is 4. The smallest absolute Gasteiger partial charge is 0.315 e. The molecule has 0 aromatic carbocycles. The molecule has 0 radical (unpaired) electrons. The fraction of sp³-hybridized carbons (Fsp3) is 0.692. The topological polar surface area (TPSA) is 96.3 Å². The van der Waals surface area contributed by atoms with Gasteiger partial charge in [-0.15, -0.1) is 0 Å². The van der Waals surface area contributed by atoms with Crippen LogP contribution in [0.1, 0.15) is 32.2 Å². The second-order valence-electron chi connectivity index (χ2n) is 6.50. The summed E-state index contributed by atoms with van der Waals surface area (Å²) in [5.74, 6) is 0. The minimum atomic E-state index is -3.19. The number of fused-ring (bicyclic) bond motifs is 1. The average molecular weight is 329 g/mol. The third kappa shape index (κ3) is 4.44. The molecule has 1 aliphatic heterocycles. The maximum Gasteiger partial charge on any atom is 0.315 e. The molecule has 22 heavy (non-hydrogen) atoms. The van der Waals surface area contributed by atoms with E-state index >= 15 is 0 Å². The molecule has 0 aliphatic carbocycles. The zero-order valence-corrected chi connectivity index (χ0v) is 14.2. The Kier molecular flexibility index (Phi) is 4.48. The summed E-state index contributed by atoms with van der Waals surface area (Å²) < 4.78 is 26.4. The predicted octanol–water partition coefficient (Wildman–Crippen LogP) is 0.256. The summed E-state index contributed by atoms with van der Waals surface area (Å²) in [7, 11) is -3.19. The number of carbonyl (C=O) groups is 1. The summed E-state index contributed by atoms with van der Waals surface area (Å²) in [4.78, 5) is 11.7. The fourth-order valence-corrected chi connectivity index (χ4v) is 3.01. The lowest BCUT2D eigenvalue weighted by atomic mass is 10.1. The molecule has 1 aliphatic rings. The lowest BCUT2D eigenvalue weighted by molar-refractivity contribution is 0.231. The third-order valence-electron chi connectivity index (χ3n) is 3.20. The zero-order valence-electron chi connectivity index (χ0n) is 13.4. The van der Waals surface area contributed by atoms with Crippen molar-refractivity contribution in [1.29, 1.82) is 0 Å². The minimum Gasteiger partial charge on any atom is -0.334 e. The van der Waals surface area contributed by atoms with Gasteiger partial charge in [0.1, 0.15) is 0 Å². The first kappa shape index (κ1) is 16.8. The Balaban J connectivity index is 1.96. The molecule has 2 N–H and O–H groups in total. The number of aromatic nitrogens is 2. The van der Waals surface area contributed by atoms with Crippen molar-refractivity contribution in [2.24, 2.45) is 0 Å². The van der Waals surface area contributed by atoms with Gasteiger partial charge in [0.05, 0.1) is 37.3 Å². The van der Waals surface area contributed by atoms with Crippen molar-refractivity contribution in [2.45, 2.75) is 45.9 Å². The number of nitrogens with one attached hydrogen (secondary N) is 2. The second kappa shape index (κ2) is 5.88. The molecule has 0 saturated carbocycles. The van der Waals surface area contributed by atoms with Gasteiger partial charge in [0, 0.05) is 12.1 Å². The van der Waals surface area contributed by atoms with E-state index in [2.05, 4.69) is 15.7 Å². The molecule has 2 heterocycles. The summed E-state index contributed by atoms with van der Waals surface area (Å²) in [5, 5.41) is 9.94. The molecule has 1 aromatic rings. The highest BCUT2D eigenvalue weighted by Gasteiger charge is 2.24. The zero-order chi connectivity index (χ0) is 16.5. The van der Waals surface area contributed by atoms with Crippen LogP contribution in [0.4, 0.5) is 4.79 Å². The van der Waals surface area contributed by atoms with Crippen LogP contribution in [0.25, 0.3) is 0 Å². The van der Waals surface area contributed by atoms with E-state index in [0.717, 1.165) is 11.4 Å². The summed E-state index contributed by atoms with van der Waals surface area (Å²) in [6.07, 6.45) is 1.21. The monoisotopic (exact) mass is 329 g/mol. The van der Waals surface area contributed by atoms with E-state index in [0.29, 0.717) is 26.2 Å².